The van der Waals surface area contributed by atoms with E-state index >= 15 is 0 Å². The van der Waals surface area contributed by atoms with Gasteiger partial charge < -0.3 is 4.90 Å². The summed E-state index contributed by atoms with van der Waals surface area (Å²) in [4.78, 5) is 14.9. The monoisotopic (exact) mass is 361 g/mol. The first kappa shape index (κ1) is 16.4. The quantitative estimate of drug-likeness (QED) is 0.718. The van der Waals surface area contributed by atoms with E-state index in [9.17, 15) is 4.79 Å². The predicted octanol–water partition coefficient (Wildman–Crippen LogP) is 2.73. The zero-order valence-corrected chi connectivity index (χ0v) is 15.3. The molecule has 138 valence electrons. The maximum Gasteiger partial charge on any atom is 0.267 e. The standard InChI is InChI=1S/C21H23N5O/c27-20-12-15-6-2-4-10-19(15)24-26(20)14-17-8-5-11-25(17)21-18-9-3-1-7-16(18)13-22-23-21/h1,3,7,9,12-13,17H,2,4-6,8,10-11,14H2. The Kier molecular flexibility index (Phi) is 4.11. The van der Waals surface area contributed by atoms with E-state index in [1.54, 1.807) is 16.9 Å². The lowest BCUT2D eigenvalue weighted by Crippen LogP contribution is -2.38. The van der Waals surface area contributed by atoms with E-state index in [-0.39, 0.29) is 11.6 Å². The summed E-state index contributed by atoms with van der Waals surface area (Å²) in [5, 5.41) is 15.6. The van der Waals surface area contributed by atoms with Crippen molar-refractivity contribution in [1.82, 2.24) is 20.0 Å². The summed E-state index contributed by atoms with van der Waals surface area (Å²) in [6, 6.07) is 10.2. The fourth-order valence-electron chi connectivity index (χ4n) is 4.46. The van der Waals surface area contributed by atoms with E-state index in [1.165, 1.54) is 6.42 Å². The van der Waals surface area contributed by atoms with Gasteiger partial charge in [-0.1, -0.05) is 24.3 Å². The Bertz CT molecular complexity index is 1040. The molecule has 5 rings (SSSR count). The van der Waals surface area contributed by atoms with Crippen LogP contribution in [0.15, 0.2) is 41.3 Å². The lowest BCUT2D eigenvalue weighted by Gasteiger charge is -2.27. The van der Waals surface area contributed by atoms with E-state index in [1.807, 2.05) is 12.1 Å². The molecule has 1 saturated heterocycles. The van der Waals surface area contributed by atoms with Gasteiger partial charge in [0.05, 0.1) is 24.5 Å². The molecule has 6 heteroatoms. The van der Waals surface area contributed by atoms with Crippen molar-refractivity contribution in [2.24, 2.45) is 0 Å². The van der Waals surface area contributed by atoms with Gasteiger partial charge in [-0.05, 0) is 44.1 Å². The molecule has 6 nitrogen and oxygen atoms in total. The fourth-order valence-corrected chi connectivity index (χ4v) is 4.46. The van der Waals surface area contributed by atoms with Crippen LogP contribution >= 0.6 is 0 Å². The Morgan fingerprint density at radius 3 is 2.96 bits per heavy atom. The lowest BCUT2D eigenvalue weighted by atomic mass is 9.97. The van der Waals surface area contributed by atoms with Crippen LogP contribution in [0.1, 0.15) is 36.9 Å². The highest BCUT2D eigenvalue weighted by Crippen LogP contribution is 2.30. The van der Waals surface area contributed by atoms with E-state index in [4.69, 9.17) is 5.10 Å². The molecule has 0 N–H and O–H groups in total. The highest BCUT2D eigenvalue weighted by molar-refractivity contribution is 5.91. The fraction of sp³-hybridized carbons (Fsp3) is 0.429. The predicted molar refractivity (Wildman–Crippen MR) is 105 cm³/mol. The minimum atomic E-state index is 0.0199. The van der Waals surface area contributed by atoms with Gasteiger partial charge in [0.2, 0.25) is 0 Å². The van der Waals surface area contributed by atoms with Crippen molar-refractivity contribution in [3.05, 3.63) is 58.1 Å². The molecule has 0 saturated carbocycles. The first-order valence-electron chi connectivity index (χ1n) is 9.86. The van der Waals surface area contributed by atoms with Crippen molar-refractivity contribution >= 4 is 16.6 Å². The molecule has 0 spiro atoms. The first-order chi connectivity index (χ1) is 13.3. The van der Waals surface area contributed by atoms with Crippen LogP contribution in [-0.2, 0) is 19.4 Å². The van der Waals surface area contributed by atoms with Crippen LogP contribution < -0.4 is 10.5 Å². The summed E-state index contributed by atoms with van der Waals surface area (Å²) in [6.45, 7) is 1.55. The summed E-state index contributed by atoms with van der Waals surface area (Å²) < 4.78 is 1.67. The van der Waals surface area contributed by atoms with Crippen LogP contribution in [0.25, 0.3) is 10.8 Å². The smallest absolute Gasteiger partial charge is 0.267 e. The maximum atomic E-state index is 12.6. The van der Waals surface area contributed by atoms with Crippen LogP contribution in [0.5, 0.6) is 0 Å². The van der Waals surface area contributed by atoms with Gasteiger partial charge in [0, 0.05) is 23.4 Å². The number of rotatable bonds is 3. The lowest BCUT2D eigenvalue weighted by molar-refractivity contribution is 0.472. The number of aryl methyl sites for hydroxylation is 2. The van der Waals surface area contributed by atoms with E-state index in [0.29, 0.717) is 6.54 Å². The third kappa shape index (κ3) is 2.99. The average Bonchev–Trinajstić information content (AvgIpc) is 3.16. The van der Waals surface area contributed by atoms with Gasteiger partial charge in [-0.3, -0.25) is 4.79 Å². The molecule has 1 fully saturated rings. The van der Waals surface area contributed by atoms with Crippen molar-refractivity contribution in [2.75, 3.05) is 11.4 Å². The second-order valence-corrected chi connectivity index (χ2v) is 7.59. The molecule has 1 atom stereocenters. The highest BCUT2D eigenvalue weighted by Gasteiger charge is 2.28. The second-order valence-electron chi connectivity index (χ2n) is 7.59. The molecule has 1 unspecified atom stereocenters. The zero-order chi connectivity index (χ0) is 18.2. The van der Waals surface area contributed by atoms with Crippen molar-refractivity contribution in [2.45, 2.75) is 51.1 Å². The average molecular weight is 361 g/mol. The molecular weight excluding hydrogens is 338 g/mol. The minimum absolute atomic E-state index is 0.0199. The Morgan fingerprint density at radius 2 is 2.00 bits per heavy atom. The summed E-state index contributed by atoms with van der Waals surface area (Å²) >= 11 is 0. The largest absolute Gasteiger partial charge is 0.350 e. The Labute approximate surface area is 157 Å². The highest BCUT2D eigenvalue weighted by atomic mass is 16.1. The number of nitrogens with zero attached hydrogens (tertiary/aromatic N) is 5. The zero-order valence-electron chi connectivity index (χ0n) is 15.3. The third-order valence-corrected chi connectivity index (χ3v) is 5.86. The molecule has 2 aromatic heterocycles. The van der Waals surface area contributed by atoms with E-state index < -0.39 is 0 Å². The van der Waals surface area contributed by atoms with Crippen molar-refractivity contribution < 1.29 is 0 Å². The molecule has 3 heterocycles. The third-order valence-electron chi connectivity index (χ3n) is 5.86. The number of fused-ring (bicyclic) bond motifs is 2. The number of hydrogen-bond acceptors (Lipinski definition) is 5. The van der Waals surface area contributed by atoms with E-state index in [2.05, 4.69) is 27.2 Å². The number of aromatic nitrogens is 4. The summed E-state index contributed by atoms with van der Waals surface area (Å²) in [6.07, 6.45) is 8.23. The molecule has 0 amide bonds. The molecule has 0 bridgehead atoms. The van der Waals surface area contributed by atoms with Crippen LogP contribution in [-0.4, -0.2) is 32.6 Å². The van der Waals surface area contributed by atoms with Crippen molar-refractivity contribution in [3.8, 4) is 0 Å². The van der Waals surface area contributed by atoms with Crippen LogP contribution in [0.3, 0.4) is 0 Å². The van der Waals surface area contributed by atoms with Gasteiger partial charge in [0.15, 0.2) is 5.82 Å². The summed E-state index contributed by atoms with van der Waals surface area (Å²) in [5.41, 5.74) is 2.27. The molecule has 1 aliphatic heterocycles. The van der Waals surface area contributed by atoms with Gasteiger partial charge in [-0.2, -0.15) is 10.2 Å². The van der Waals surface area contributed by atoms with Gasteiger partial charge in [0.1, 0.15) is 0 Å². The summed E-state index contributed by atoms with van der Waals surface area (Å²) in [7, 11) is 0. The summed E-state index contributed by atoms with van der Waals surface area (Å²) in [5.74, 6) is 0.918. The normalized spacial score (nSPS) is 19.4. The van der Waals surface area contributed by atoms with E-state index in [0.717, 1.165) is 66.5 Å². The Morgan fingerprint density at radius 1 is 1.11 bits per heavy atom. The first-order valence-corrected chi connectivity index (χ1v) is 9.86. The molecule has 2 aliphatic rings. The Balaban J connectivity index is 1.48. The molecule has 1 aromatic carbocycles. The molecule has 3 aromatic rings. The Hall–Kier alpha value is -2.76. The van der Waals surface area contributed by atoms with Crippen LogP contribution in [0, 0.1) is 0 Å². The molecule has 27 heavy (non-hydrogen) atoms. The second kappa shape index (κ2) is 6.76. The molecule has 1 aliphatic carbocycles. The van der Waals surface area contributed by atoms with Gasteiger partial charge in [0.25, 0.3) is 5.56 Å². The maximum absolute atomic E-state index is 12.6. The van der Waals surface area contributed by atoms with Crippen molar-refractivity contribution in [3.63, 3.8) is 0 Å². The molecule has 0 radical (unpaired) electrons. The van der Waals surface area contributed by atoms with Crippen LogP contribution in [0.2, 0.25) is 0 Å². The topological polar surface area (TPSA) is 63.9 Å². The van der Waals surface area contributed by atoms with Gasteiger partial charge in [-0.15, -0.1) is 5.10 Å². The van der Waals surface area contributed by atoms with Gasteiger partial charge in [-0.25, -0.2) is 4.68 Å². The minimum Gasteiger partial charge on any atom is -0.350 e. The molecular formula is C21H23N5O. The van der Waals surface area contributed by atoms with Crippen molar-refractivity contribution in [1.29, 1.82) is 0 Å². The SMILES string of the molecule is O=c1cc2c(nn1CC1CCCN1c1nncc3ccccc13)CCCC2. The van der Waals surface area contributed by atoms with Gasteiger partial charge >= 0.3 is 0 Å². The number of hydrogen-bond donors (Lipinski definition) is 0. The number of benzene rings is 1. The van der Waals surface area contributed by atoms with Crippen LogP contribution in [0.4, 0.5) is 5.82 Å². The number of anilines is 1.